The Morgan fingerprint density at radius 3 is 2.79 bits per heavy atom. The Morgan fingerprint density at radius 1 is 1.42 bits per heavy atom. The van der Waals surface area contributed by atoms with E-state index in [1.165, 1.54) is 6.07 Å². The van der Waals surface area contributed by atoms with E-state index in [2.05, 4.69) is 15.3 Å². The van der Waals surface area contributed by atoms with Gasteiger partial charge in [0.1, 0.15) is 11.5 Å². The van der Waals surface area contributed by atoms with Crippen LogP contribution in [0.5, 0.6) is 0 Å². The van der Waals surface area contributed by atoms with Gasteiger partial charge in [-0.05, 0) is 25.2 Å². The lowest BCUT2D eigenvalue weighted by molar-refractivity contribution is -0.124. The summed E-state index contributed by atoms with van der Waals surface area (Å²) in [5.41, 5.74) is -0.181. The molecule has 1 aromatic heterocycles. The summed E-state index contributed by atoms with van der Waals surface area (Å²) in [7, 11) is 0. The normalized spacial score (nSPS) is 30.5. The van der Waals surface area contributed by atoms with Crippen molar-refractivity contribution in [2.45, 2.75) is 19.4 Å². The molecule has 2 amide bonds. The average molecular weight is 332 g/mol. The molecule has 3 heterocycles. The first kappa shape index (κ1) is 15.3. The van der Waals surface area contributed by atoms with Gasteiger partial charge in [-0.25, -0.2) is 4.98 Å². The van der Waals surface area contributed by atoms with Gasteiger partial charge in [0.05, 0.1) is 19.3 Å². The van der Waals surface area contributed by atoms with Crippen LogP contribution in [0.4, 0.5) is 0 Å². The molecule has 0 spiro atoms. The van der Waals surface area contributed by atoms with Crippen molar-refractivity contribution in [2.75, 3.05) is 26.3 Å². The molecule has 2 unspecified atom stereocenters. The summed E-state index contributed by atoms with van der Waals surface area (Å²) in [6.45, 7) is 4.08. The van der Waals surface area contributed by atoms with Crippen LogP contribution in [0, 0.1) is 24.7 Å². The number of fused-ring (bicyclic) bond motifs is 1. The number of aromatic nitrogens is 2. The molecule has 1 aromatic rings. The van der Waals surface area contributed by atoms with Crippen molar-refractivity contribution in [1.82, 2.24) is 20.2 Å². The predicted octanol–water partition coefficient (Wildman–Crippen LogP) is -0.699. The van der Waals surface area contributed by atoms with E-state index in [1.54, 1.807) is 11.8 Å². The van der Waals surface area contributed by atoms with Gasteiger partial charge >= 0.3 is 0 Å². The first-order valence-corrected chi connectivity index (χ1v) is 8.29. The molecule has 8 heteroatoms. The maximum absolute atomic E-state index is 12.5. The zero-order chi connectivity index (χ0) is 16.8. The van der Waals surface area contributed by atoms with Gasteiger partial charge in [-0.3, -0.25) is 14.4 Å². The summed E-state index contributed by atoms with van der Waals surface area (Å²) in [4.78, 5) is 44.4. The second-order valence-corrected chi connectivity index (χ2v) is 6.79. The van der Waals surface area contributed by atoms with E-state index < -0.39 is 0 Å². The Hall–Kier alpha value is -2.22. The minimum Gasteiger partial charge on any atom is -0.381 e. The van der Waals surface area contributed by atoms with Gasteiger partial charge in [-0.1, -0.05) is 0 Å². The van der Waals surface area contributed by atoms with E-state index in [0.717, 1.165) is 6.42 Å². The first-order valence-electron chi connectivity index (χ1n) is 8.29. The number of nitrogens with zero attached hydrogens (tertiary/aromatic N) is 2. The van der Waals surface area contributed by atoms with E-state index in [4.69, 9.17) is 4.74 Å². The molecular formula is C16H20N4O4. The van der Waals surface area contributed by atoms with Crippen molar-refractivity contribution in [3.63, 3.8) is 0 Å². The number of hydrogen-bond donors (Lipinski definition) is 2. The van der Waals surface area contributed by atoms with Gasteiger partial charge in [-0.2, -0.15) is 0 Å². The van der Waals surface area contributed by atoms with Crippen molar-refractivity contribution < 1.29 is 14.3 Å². The number of nitrogens with one attached hydrogen (secondary N) is 2. The maximum Gasteiger partial charge on any atom is 0.273 e. The molecule has 2 aliphatic heterocycles. The molecule has 3 aliphatic rings. The fourth-order valence-electron chi connectivity index (χ4n) is 3.72. The summed E-state index contributed by atoms with van der Waals surface area (Å²) < 4.78 is 5.29. The van der Waals surface area contributed by atoms with Gasteiger partial charge in [0.25, 0.3) is 11.5 Å². The van der Waals surface area contributed by atoms with E-state index in [9.17, 15) is 14.4 Å². The number of aryl methyl sites for hydroxylation is 1. The van der Waals surface area contributed by atoms with Crippen molar-refractivity contribution >= 4 is 11.8 Å². The number of carbonyl (C=O) groups is 2. The Labute approximate surface area is 138 Å². The number of carbonyl (C=O) groups excluding carboxylic acids is 2. The Kier molecular flexibility index (Phi) is 3.64. The van der Waals surface area contributed by atoms with Gasteiger partial charge in [0, 0.05) is 25.1 Å². The highest BCUT2D eigenvalue weighted by Crippen LogP contribution is 2.50. The minimum absolute atomic E-state index is 0.0299. The fourth-order valence-corrected chi connectivity index (χ4v) is 3.72. The molecule has 0 bridgehead atoms. The lowest BCUT2D eigenvalue weighted by Gasteiger charge is -2.40. The monoisotopic (exact) mass is 332 g/mol. The Morgan fingerprint density at radius 2 is 2.17 bits per heavy atom. The lowest BCUT2D eigenvalue weighted by Crippen LogP contribution is -2.56. The average Bonchev–Trinajstić information content (AvgIpc) is 2.98. The minimum atomic E-state index is -0.335. The fraction of sp³-hybridized carbons (Fsp3) is 0.625. The summed E-state index contributed by atoms with van der Waals surface area (Å²) in [5, 5.41) is 2.96. The number of likely N-dealkylation sites (tertiary alicyclic amines) is 1. The van der Waals surface area contributed by atoms with Gasteiger partial charge in [-0.15, -0.1) is 0 Å². The van der Waals surface area contributed by atoms with Crippen molar-refractivity contribution in [1.29, 1.82) is 0 Å². The van der Waals surface area contributed by atoms with Crippen LogP contribution in [0.1, 0.15) is 22.7 Å². The van der Waals surface area contributed by atoms with Crippen LogP contribution in [0.3, 0.4) is 0 Å². The smallest absolute Gasteiger partial charge is 0.273 e. The van der Waals surface area contributed by atoms with Crippen LogP contribution in [0.15, 0.2) is 10.9 Å². The molecule has 2 N–H and O–H groups in total. The van der Waals surface area contributed by atoms with Gasteiger partial charge in [0.2, 0.25) is 5.91 Å². The van der Waals surface area contributed by atoms with Crippen molar-refractivity contribution in [2.24, 2.45) is 17.8 Å². The summed E-state index contributed by atoms with van der Waals surface area (Å²) in [6.07, 6.45) is 0.842. The van der Waals surface area contributed by atoms with E-state index >= 15 is 0 Å². The zero-order valence-electron chi connectivity index (χ0n) is 13.4. The van der Waals surface area contributed by atoms with E-state index in [0.29, 0.717) is 44.0 Å². The zero-order valence-corrected chi connectivity index (χ0v) is 13.4. The Bertz CT molecular complexity index is 736. The van der Waals surface area contributed by atoms with Crippen LogP contribution >= 0.6 is 0 Å². The standard InChI is InChI=1S/C16H20N4O4/c1-8-18-12(4-13(21)19-8)16(23)20-3-2-9(20)5-17-15(22)14-10-6-24-7-11(10)14/h4,9-11,14H,2-3,5-7H2,1H3,(H,17,22)(H,18,19,21)/t9?,10-,11+,14?. The second-order valence-electron chi connectivity index (χ2n) is 6.79. The topological polar surface area (TPSA) is 104 Å². The molecule has 0 aromatic carbocycles. The third kappa shape index (κ3) is 2.60. The third-order valence-electron chi connectivity index (χ3n) is 5.25. The maximum atomic E-state index is 12.5. The molecule has 2 saturated heterocycles. The molecule has 4 rings (SSSR count). The van der Waals surface area contributed by atoms with Gasteiger partial charge < -0.3 is 19.9 Å². The molecule has 1 saturated carbocycles. The Balaban J connectivity index is 1.33. The molecular weight excluding hydrogens is 312 g/mol. The lowest BCUT2D eigenvalue weighted by atomic mass is 10.0. The summed E-state index contributed by atoms with van der Waals surface area (Å²) in [5.74, 6) is 1.07. The molecule has 24 heavy (non-hydrogen) atoms. The van der Waals surface area contributed by atoms with Crippen molar-refractivity contribution in [3.8, 4) is 0 Å². The third-order valence-corrected chi connectivity index (χ3v) is 5.25. The predicted molar refractivity (Wildman–Crippen MR) is 83.3 cm³/mol. The number of hydrogen-bond acceptors (Lipinski definition) is 5. The molecule has 3 fully saturated rings. The highest BCUT2D eigenvalue weighted by atomic mass is 16.5. The number of ether oxygens (including phenoxy) is 1. The first-order chi connectivity index (χ1) is 11.5. The van der Waals surface area contributed by atoms with Crippen LogP contribution in [-0.2, 0) is 9.53 Å². The number of rotatable bonds is 4. The molecule has 4 atom stereocenters. The van der Waals surface area contributed by atoms with E-state index in [-0.39, 0.29) is 35.0 Å². The van der Waals surface area contributed by atoms with Crippen LogP contribution in [0.2, 0.25) is 0 Å². The molecule has 1 aliphatic carbocycles. The summed E-state index contributed by atoms with van der Waals surface area (Å²) >= 11 is 0. The quantitative estimate of drug-likeness (QED) is 0.759. The SMILES string of the molecule is Cc1nc(C(=O)N2CCC2CNC(=O)C2[C@H]3COC[C@@H]23)cc(=O)[nH]1. The number of H-pyrrole nitrogens is 1. The summed E-state index contributed by atoms with van der Waals surface area (Å²) in [6, 6.07) is 1.19. The highest BCUT2D eigenvalue weighted by molar-refractivity contribution is 5.93. The highest BCUT2D eigenvalue weighted by Gasteiger charge is 2.57. The van der Waals surface area contributed by atoms with Crippen LogP contribution < -0.4 is 10.9 Å². The van der Waals surface area contributed by atoms with Gasteiger partial charge in [0.15, 0.2) is 0 Å². The van der Waals surface area contributed by atoms with Crippen LogP contribution in [-0.4, -0.2) is 59.0 Å². The van der Waals surface area contributed by atoms with Crippen molar-refractivity contribution in [3.05, 3.63) is 27.9 Å². The number of amides is 2. The second kappa shape index (κ2) is 5.70. The van der Waals surface area contributed by atoms with Crippen LogP contribution in [0.25, 0.3) is 0 Å². The molecule has 8 nitrogen and oxygen atoms in total. The largest absolute Gasteiger partial charge is 0.381 e. The number of aromatic amines is 1. The van der Waals surface area contributed by atoms with E-state index in [1.807, 2.05) is 0 Å². The molecule has 0 radical (unpaired) electrons. The molecule has 128 valence electrons.